The third kappa shape index (κ3) is 3.15. The summed E-state index contributed by atoms with van der Waals surface area (Å²) in [6.45, 7) is 0.335. The lowest BCUT2D eigenvalue weighted by Gasteiger charge is -2.15. The molecule has 2 aromatic heterocycles. The minimum absolute atomic E-state index is 0.0942. The second-order valence-corrected chi connectivity index (χ2v) is 8.75. The molecule has 0 spiro atoms. The fourth-order valence-electron chi connectivity index (χ4n) is 3.22. The number of aromatic nitrogens is 3. The maximum atomic E-state index is 12.7. The van der Waals surface area contributed by atoms with Crippen molar-refractivity contribution >= 4 is 26.8 Å². The molecule has 0 saturated heterocycles. The summed E-state index contributed by atoms with van der Waals surface area (Å²) in [5.41, 5.74) is 1.30. The van der Waals surface area contributed by atoms with Crippen LogP contribution in [0.3, 0.4) is 0 Å². The van der Waals surface area contributed by atoms with Gasteiger partial charge in [-0.2, -0.15) is 5.10 Å². The molecule has 0 unspecified atom stereocenters. The van der Waals surface area contributed by atoms with E-state index >= 15 is 0 Å². The Balaban J connectivity index is 1.69. The second-order valence-electron chi connectivity index (χ2n) is 6.67. The summed E-state index contributed by atoms with van der Waals surface area (Å²) in [6.07, 6.45) is 4.76. The first-order chi connectivity index (χ1) is 13.0. The fourth-order valence-corrected chi connectivity index (χ4v) is 4.83. The first kappa shape index (κ1) is 17.8. The number of hydrogen-bond donors (Lipinski definition) is 2. The van der Waals surface area contributed by atoms with Crippen molar-refractivity contribution < 1.29 is 22.8 Å². The number of nitrogens with one attached hydrogen (secondary N) is 1. The molecule has 10 heteroatoms. The van der Waals surface area contributed by atoms with Crippen molar-refractivity contribution in [2.75, 3.05) is 18.4 Å². The summed E-state index contributed by atoms with van der Waals surface area (Å²) in [7, 11) is -2.20. The summed E-state index contributed by atoms with van der Waals surface area (Å²) in [6, 6.07) is 5.42. The maximum Gasteiger partial charge on any atom is 0.239 e. The molecule has 144 valence electrons. The molecule has 0 amide bonds. The molecule has 0 atom stereocenters. The van der Waals surface area contributed by atoms with Crippen LogP contribution in [0.1, 0.15) is 24.8 Å². The van der Waals surface area contributed by atoms with Gasteiger partial charge in [-0.3, -0.25) is 9.40 Å². The van der Waals surface area contributed by atoms with Gasteiger partial charge < -0.3 is 14.4 Å². The molecule has 0 bridgehead atoms. The molecule has 1 saturated carbocycles. The van der Waals surface area contributed by atoms with Crippen LogP contribution in [0.5, 0.6) is 5.75 Å². The van der Waals surface area contributed by atoms with E-state index in [1.54, 1.807) is 23.0 Å². The molecule has 0 aliphatic heterocycles. The van der Waals surface area contributed by atoms with Gasteiger partial charge in [-0.15, -0.1) is 0 Å². The first-order valence-corrected chi connectivity index (χ1v) is 10.0. The number of hydrogen-bond acceptors (Lipinski definition) is 7. The first-order valence-electron chi connectivity index (χ1n) is 8.55. The van der Waals surface area contributed by atoms with E-state index in [1.807, 2.05) is 12.3 Å². The van der Waals surface area contributed by atoms with Gasteiger partial charge in [-0.25, -0.2) is 8.42 Å². The third-order valence-electron chi connectivity index (χ3n) is 4.90. The SMILES string of the molecule is COc1cc(Cn2cccn2)cc2onc(NS(=O)(=O)C3(CCO)CC3)c12. The fraction of sp³-hybridized carbons (Fsp3) is 0.412. The number of rotatable bonds is 8. The van der Waals surface area contributed by atoms with E-state index in [-0.39, 0.29) is 18.8 Å². The smallest absolute Gasteiger partial charge is 0.239 e. The Labute approximate surface area is 156 Å². The van der Waals surface area contributed by atoms with E-state index < -0.39 is 14.8 Å². The quantitative estimate of drug-likeness (QED) is 0.599. The Hall–Kier alpha value is -2.59. The Morgan fingerprint density at radius 3 is 2.85 bits per heavy atom. The Kier molecular flexibility index (Phi) is 4.31. The molecule has 9 nitrogen and oxygen atoms in total. The molecule has 1 aromatic carbocycles. The van der Waals surface area contributed by atoms with Crippen molar-refractivity contribution in [2.45, 2.75) is 30.6 Å². The number of methoxy groups -OCH3 is 1. The van der Waals surface area contributed by atoms with E-state index in [9.17, 15) is 8.42 Å². The van der Waals surface area contributed by atoms with Gasteiger partial charge in [-0.1, -0.05) is 5.16 Å². The van der Waals surface area contributed by atoms with Crippen LogP contribution in [-0.2, 0) is 16.6 Å². The Morgan fingerprint density at radius 1 is 1.41 bits per heavy atom. The zero-order valence-electron chi connectivity index (χ0n) is 14.8. The van der Waals surface area contributed by atoms with E-state index in [2.05, 4.69) is 15.0 Å². The second kappa shape index (κ2) is 6.54. The minimum Gasteiger partial charge on any atom is -0.496 e. The molecular weight excluding hydrogens is 372 g/mol. The molecule has 27 heavy (non-hydrogen) atoms. The predicted octanol–water partition coefficient (Wildman–Crippen LogP) is 1.74. The lowest BCUT2D eigenvalue weighted by atomic mass is 10.1. The van der Waals surface area contributed by atoms with Gasteiger partial charge in [0, 0.05) is 19.0 Å². The molecule has 1 fully saturated rings. The summed E-state index contributed by atoms with van der Waals surface area (Å²) in [5, 5.41) is 17.7. The average molecular weight is 392 g/mol. The van der Waals surface area contributed by atoms with Gasteiger partial charge in [0.2, 0.25) is 10.0 Å². The summed E-state index contributed by atoms with van der Waals surface area (Å²) in [5.74, 6) is 0.553. The normalized spacial score (nSPS) is 15.8. The summed E-state index contributed by atoms with van der Waals surface area (Å²) >= 11 is 0. The number of anilines is 1. The largest absolute Gasteiger partial charge is 0.496 e. The number of fused-ring (bicyclic) bond motifs is 1. The van der Waals surface area contributed by atoms with Crippen molar-refractivity contribution in [1.82, 2.24) is 14.9 Å². The Bertz CT molecular complexity index is 1050. The number of aliphatic hydroxyl groups is 1. The van der Waals surface area contributed by atoms with E-state index in [0.717, 1.165) is 5.56 Å². The maximum absolute atomic E-state index is 12.7. The van der Waals surface area contributed by atoms with Crippen molar-refractivity contribution in [1.29, 1.82) is 0 Å². The highest BCUT2D eigenvalue weighted by atomic mass is 32.2. The van der Waals surface area contributed by atoms with Gasteiger partial charge >= 0.3 is 0 Å². The summed E-state index contributed by atoms with van der Waals surface area (Å²) in [4.78, 5) is 0. The number of sulfonamides is 1. The van der Waals surface area contributed by atoms with Crippen LogP contribution in [0.4, 0.5) is 5.82 Å². The zero-order chi connectivity index (χ0) is 19.1. The molecule has 2 N–H and O–H groups in total. The van der Waals surface area contributed by atoms with Crippen LogP contribution in [0, 0.1) is 0 Å². The van der Waals surface area contributed by atoms with Gasteiger partial charge in [0.1, 0.15) is 11.1 Å². The third-order valence-corrected chi connectivity index (χ3v) is 7.11. The van der Waals surface area contributed by atoms with Crippen LogP contribution in [0.2, 0.25) is 0 Å². The van der Waals surface area contributed by atoms with E-state index in [4.69, 9.17) is 14.4 Å². The number of benzene rings is 1. The molecular formula is C17H20N4O5S. The van der Waals surface area contributed by atoms with Gasteiger partial charge in [-0.05, 0) is 43.0 Å². The lowest BCUT2D eigenvalue weighted by molar-refractivity contribution is 0.283. The van der Waals surface area contributed by atoms with Gasteiger partial charge in [0.25, 0.3) is 0 Å². The average Bonchev–Trinajstić information content (AvgIpc) is 3.08. The highest BCUT2D eigenvalue weighted by Crippen LogP contribution is 2.47. The molecule has 3 aromatic rings. The predicted molar refractivity (Wildman–Crippen MR) is 98.1 cm³/mol. The number of aliphatic hydroxyl groups excluding tert-OH is 1. The van der Waals surface area contributed by atoms with Crippen molar-refractivity contribution in [3.05, 3.63) is 36.2 Å². The summed E-state index contributed by atoms with van der Waals surface area (Å²) < 4.78 is 39.6. The molecule has 1 aliphatic rings. The molecule has 2 heterocycles. The van der Waals surface area contributed by atoms with E-state index in [1.165, 1.54) is 7.11 Å². The zero-order valence-corrected chi connectivity index (χ0v) is 15.6. The number of ether oxygens (including phenoxy) is 1. The standard InChI is InChI=1S/C17H20N4O5S/c1-25-13-9-12(11-21-7-2-6-18-21)10-14-15(13)16(19-26-14)20-27(23,24)17(3-4-17)5-8-22/h2,6-7,9-10,22H,3-5,8,11H2,1H3,(H,19,20). The highest BCUT2D eigenvalue weighted by Gasteiger charge is 2.54. The van der Waals surface area contributed by atoms with Crippen LogP contribution in [0.15, 0.2) is 35.1 Å². The van der Waals surface area contributed by atoms with Crippen LogP contribution >= 0.6 is 0 Å². The van der Waals surface area contributed by atoms with E-state index in [0.29, 0.717) is 36.1 Å². The lowest BCUT2D eigenvalue weighted by Crippen LogP contribution is -2.30. The molecule has 1 aliphatic carbocycles. The van der Waals surface area contributed by atoms with Crippen LogP contribution < -0.4 is 9.46 Å². The Morgan fingerprint density at radius 2 is 2.22 bits per heavy atom. The monoisotopic (exact) mass is 392 g/mol. The van der Waals surface area contributed by atoms with Gasteiger partial charge in [0.15, 0.2) is 11.4 Å². The van der Waals surface area contributed by atoms with Gasteiger partial charge in [0.05, 0.1) is 18.4 Å². The van der Waals surface area contributed by atoms with Crippen molar-refractivity contribution in [3.63, 3.8) is 0 Å². The number of nitrogens with zero attached hydrogens (tertiary/aromatic N) is 3. The molecule has 0 radical (unpaired) electrons. The highest BCUT2D eigenvalue weighted by molar-refractivity contribution is 7.94. The van der Waals surface area contributed by atoms with Crippen molar-refractivity contribution in [3.8, 4) is 5.75 Å². The van der Waals surface area contributed by atoms with Crippen LogP contribution in [-0.4, -0.2) is 46.9 Å². The van der Waals surface area contributed by atoms with Crippen molar-refractivity contribution in [2.24, 2.45) is 0 Å². The topological polar surface area (TPSA) is 119 Å². The molecule has 4 rings (SSSR count). The van der Waals surface area contributed by atoms with Crippen LogP contribution in [0.25, 0.3) is 11.0 Å². The minimum atomic E-state index is -3.70.